The third-order valence-electron chi connectivity index (χ3n) is 5.23. The molecular formula is C23H26ClN3O2. The Morgan fingerprint density at radius 2 is 1.62 bits per heavy atom. The Bertz CT molecular complexity index is 966. The van der Waals surface area contributed by atoms with Crippen LogP contribution in [0.4, 0.5) is 11.4 Å². The van der Waals surface area contributed by atoms with Crippen molar-refractivity contribution in [1.29, 1.82) is 0 Å². The molecule has 29 heavy (non-hydrogen) atoms. The SMILES string of the molecule is COc1ccccc1N1CCN(CC(=O)Nc2cccc3ccccc23)CC1.Cl. The molecule has 1 amide bonds. The van der Waals surface area contributed by atoms with Crippen LogP contribution >= 0.6 is 12.4 Å². The standard InChI is InChI=1S/C23H25N3O2.ClH/c1-28-22-12-5-4-11-21(22)26-15-13-25(14-16-26)17-23(27)24-20-10-6-8-18-7-2-3-9-19(18)20;/h2-12H,13-17H2,1H3,(H,24,27);1H. The van der Waals surface area contributed by atoms with Crippen LogP contribution in [-0.4, -0.2) is 50.6 Å². The normalized spacial score (nSPS) is 14.3. The quantitative estimate of drug-likeness (QED) is 0.688. The van der Waals surface area contributed by atoms with Gasteiger partial charge < -0.3 is 15.0 Å². The lowest BCUT2D eigenvalue weighted by atomic mass is 10.1. The molecule has 1 fully saturated rings. The molecule has 0 aromatic heterocycles. The Morgan fingerprint density at radius 3 is 2.41 bits per heavy atom. The van der Waals surface area contributed by atoms with E-state index >= 15 is 0 Å². The molecule has 0 radical (unpaired) electrons. The molecule has 1 aliphatic rings. The monoisotopic (exact) mass is 411 g/mol. The molecule has 1 N–H and O–H groups in total. The van der Waals surface area contributed by atoms with E-state index in [1.54, 1.807) is 7.11 Å². The van der Waals surface area contributed by atoms with Gasteiger partial charge in [-0.2, -0.15) is 0 Å². The lowest BCUT2D eigenvalue weighted by molar-refractivity contribution is -0.117. The van der Waals surface area contributed by atoms with Crippen LogP contribution in [0.25, 0.3) is 10.8 Å². The first-order valence-electron chi connectivity index (χ1n) is 9.62. The van der Waals surface area contributed by atoms with E-state index in [1.807, 2.05) is 48.5 Å². The summed E-state index contributed by atoms with van der Waals surface area (Å²) in [4.78, 5) is 17.1. The number of methoxy groups -OCH3 is 1. The molecule has 0 aliphatic carbocycles. The van der Waals surface area contributed by atoms with Crippen molar-refractivity contribution in [1.82, 2.24) is 4.90 Å². The summed E-state index contributed by atoms with van der Waals surface area (Å²) in [6.45, 7) is 3.86. The van der Waals surface area contributed by atoms with Gasteiger partial charge in [-0.1, -0.05) is 48.5 Å². The average Bonchev–Trinajstić information content (AvgIpc) is 2.74. The Labute approximate surface area is 177 Å². The number of rotatable bonds is 5. The second kappa shape index (κ2) is 9.63. The number of anilines is 2. The third kappa shape index (κ3) is 4.81. The highest BCUT2D eigenvalue weighted by Crippen LogP contribution is 2.28. The molecule has 4 rings (SSSR count). The molecule has 1 heterocycles. The fourth-order valence-electron chi connectivity index (χ4n) is 3.77. The molecule has 0 saturated carbocycles. The van der Waals surface area contributed by atoms with Crippen molar-refractivity contribution in [3.63, 3.8) is 0 Å². The summed E-state index contributed by atoms with van der Waals surface area (Å²) in [5.74, 6) is 0.923. The number of amides is 1. The summed E-state index contributed by atoms with van der Waals surface area (Å²) in [6, 6.07) is 22.2. The Balaban J connectivity index is 0.00000240. The highest BCUT2D eigenvalue weighted by Gasteiger charge is 2.21. The predicted octanol–water partition coefficient (Wildman–Crippen LogP) is 4.03. The van der Waals surface area contributed by atoms with Gasteiger partial charge in [0.15, 0.2) is 0 Å². The molecule has 3 aromatic rings. The molecule has 3 aromatic carbocycles. The molecule has 5 nitrogen and oxygen atoms in total. The lowest BCUT2D eigenvalue weighted by Gasteiger charge is -2.36. The van der Waals surface area contributed by atoms with Gasteiger partial charge in [-0.15, -0.1) is 12.4 Å². The number of benzene rings is 3. The average molecular weight is 412 g/mol. The van der Waals surface area contributed by atoms with Gasteiger partial charge in [0.05, 0.1) is 19.3 Å². The number of ether oxygens (including phenoxy) is 1. The van der Waals surface area contributed by atoms with Gasteiger partial charge in [0.1, 0.15) is 5.75 Å². The summed E-state index contributed by atoms with van der Waals surface area (Å²) < 4.78 is 5.47. The fraction of sp³-hybridized carbons (Fsp3) is 0.261. The maximum Gasteiger partial charge on any atom is 0.238 e. The Morgan fingerprint density at radius 1 is 0.931 bits per heavy atom. The number of nitrogens with zero attached hydrogens (tertiary/aromatic N) is 2. The second-order valence-electron chi connectivity index (χ2n) is 7.01. The summed E-state index contributed by atoms with van der Waals surface area (Å²) in [7, 11) is 1.70. The third-order valence-corrected chi connectivity index (χ3v) is 5.23. The molecule has 0 atom stereocenters. The number of carbonyl (C=O) groups excluding carboxylic acids is 1. The molecule has 0 spiro atoms. The topological polar surface area (TPSA) is 44.8 Å². The minimum Gasteiger partial charge on any atom is -0.495 e. The van der Waals surface area contributed by atoms with Crippen LogP contribution in [0, 0.1) is 0 Å². The van der Waals surface area contributed by atoms with Gasteiger partial charge in [-0.3, -0.25) is 9.69 Å². The molecule has 0 unspecified atom stereocenters. The largest absolute Gasteiger partial charge is 0.495 e. The smallest absolute Gasteiger partial charge is 0.238 e. The van der Waals surface area contributed by atoms with Crippen LogP contribution in [0.1, 0.15) is 0 Å². The second-order valence-corrected chi connectivity index (χ2v) is 7.01. The van der Waals surface area contributed by atoms with Gasteiger partial charge in [-0.25, -0.2) is 0 Å². The molecule has 1 saturated heterocycles. The van der Waals surface area contributed by atoms with Crippen molar-refractivity contribution < 1.29 is 9.53 Å². The molecule has 1 aliphatic heterocycles. The minimum absolute atomic E-state index is 0. The van der Waals surface area contributed by atoms with Crippen LogP contribution in [0.2, 0.25) is 0 Å². The van der Waals surface area contributed by atoms with Crippen molar-refractivity contribution in [2.24, 2.45) is 0 Å². The first-order chi connectivity index (χ1) is 13.7. The van der Waals surface area contributed by atoms with Gasteiger partial charge >= 0.3 is 0 Å². The van der Waals surface area contributed by atoms with Crippen LogP contribution in [0.3, 0.4) is 0 Å². The van der Waals surface area contributed by atoms with Gasteiger partial charge in [0.2, 0.25) is 5.91 Å². The van der Waals surface area contributed by atoms with Crippen molar-refractivity contribution in [3.05, 3.63) is 66.7 Å². The van der Waals surface area contributed by atoms with E-state index < -0.39 is 0 Å². The van der Waals surface area contributed by atoms with E-state index in [4.69, 9.17) is 4.74 Å². The number of fused-ring (bicyclic) bond motifs is 1. The Kier molecular flexibility index (Phi) is 6.96. The highest BCUT2D eigenvalue weighted by atomic mass is 35.5. The summed E-state index contributed by atoms with van der Waals surface area (Å²) in [6.07, 6.45) is 0. The first kappa shape index (κ1) is 21.0. The number of hydrogen-bond donors (Lipinski definition) is 1. The minimum atomic E-state index is 0. The van der Waals surface area contributed by atoms with E-state index in [2.05, 4.69) is 33.3 Å². The Hall–Kier alpha value is -2.76. The molecule has 0 bridgehead atoms. The van der Waals surface area contributed by atoms with Crippen molar-refractivity contribution in [2.45, 2.75) is 0 Å². The first-order valence-corrected chi connectivity index (χ1v) is 9.62. The van der Waals surface area contributed by atoms with E-state index in [-0.39, 0.29) is 18.3 Å². The molecular weight excluding hydrogens is 386 g/mol. The summed E-state index contributed by atoms with van der Waals surface area (Å²) >= 11 is 0. The van der Waals surface area contributed by atoms with Gasteiger partial charge in [-0.05, 0) is 23.6 Å². The van der Waals surface area contributed by atoms with Crippen molar-refractivity contribution in [2.75, 3.05) is 50.1 Å². The molecule has 6 heteroatoms. The summed E-state index contributed by atoms with van der Waals surface area (Å²) in [5, 5.41) is 5.28. The maximum absolute atomic E-state index is 12.6. The number of piperazine rings is 1. The highest BCUT2D eigenvalue weighted by molar-refractivity contribution is 6.02. The zero-order valence-electron chi connectivity index (χ0n) is 16.5. The van der Waals surface area contributed by atoms with E-state index in [1.165, 1.54) is 0 Å². The van der Waals surface area contributed by atoms with Gasteiger partial charge in [0, 0.05) is 37.3 Å². The zero-order chi connectivity index (χ0) is 19.3. The van der Waals surface area contributed by atoms with Crippen LogP contribution < -0.4 is 15.0 Å². The number of halogens is 1. The molecule has 152 valence electrons. The van der Waals surface area contributed by atoms with E-state index in [0.717, 1.165) is 54.1 Å². The maximum atomic E-state index is 12.6. The number of carbonyl (C=O) groups is 1. The number of nitrogens with one attached hydrogen (secondary N) is 1. The van der Waals surface area contributed by atoms with Crippen LogP contribution in [0.5, 0.6) is 5.75 Å². The van der Waals surface area contributed by atoms with Crippen molar-refractivity contribution >= 4 is 40.5 Å². The number of para-hydroxylation sites is 2. The number of hydrogen-bond acceptors (Lipinski definition) is 4. The predicted molar refractivity (Wildman–Crippen MR) is 121 cm³/mol. The zero-order valence-corrected chi connectivity index (χ0v) is 17.3. The van der Waals surface area contributed by atoms with E-state index in [0.29, 0.717) is 6.54 Å². The van der Waals surface area contributed by atoms with Crippen molar-refractivity contribution in [3.8, 4) is 5.75 Å². The van der Waals surface area contributed by atoms with Gasteiger partial charge in [0.25, 0.3) is 0 Å². The van der Waals surface area contributed by atoms with Crippen LogP contribution in [0.15, 0.2) is 66.7 Å². The lowest BCUT2D eigenvalue weighted by Crippen LogP contribution is -2.48. The summed E-state index contributed by atoms with van der Waals surface area (Å²) in [5.41, 5.74) is 1.99. The van der Waals surface area contributed by atoms with Crippen LogP contribution in [-0.2, 0) is 4.79 Å². The fourth-order valence-corrected chi connectivity index (χ4v) is 3.77. The van der Waals surface area contributed by atoms with E-state index in [9.17, 15) is 4.79 Å².